The normalized spacial score (nSPS) is 10.7. The van der Waals surface area contributed by atoms with Crippen molar-refractivity contribution in [2.75, 3.05) is 6.61 Å². The molecule has 0 aliphatic carbocycles. The van der Waals surface area contributed by atoms with Crippen molar-refractivity contribution in [1.29, 1.82) is 0 Å². The van der Waals surface area contributed by atoms with Crippen LogP contribution in [0.5, 0.6) is 5.75 Å². The molecule has 0 saturated heterocycles. The van der Waals surface area contributed by atoms with E-state index in [1.165, 1.54) is 11.3 Å². The molecule has 3 aromatic rings. The molecule has 1 aromatic heterocycles. The summed E-state index contributed by atoms with van der Waals surface area (Å²) in [5.74, 6) is -0.0511. The Morgan fingerprint density at radius 1 is 1.15 bits per heavy atom. The van der Waals surface area contributed by atoms with E-state index >= 15 is 0 Å². The number of carbonyl (C=O) groups is 1. The zero-order chi connectivity index (χ0) is 18.5. The third-order valence-electron chi connectivity index (χ3n) is 3.89. The van der Waals surface area contributed by atoms with E-state index in [-0.39, 0.29) is 6.42 Å². The van der Waals surface area contributed by atoms with Crippen LogP contribution in [0.3, 0.4) is 0 Å². The second kappa shape index (κ2) is 8.15. The van der Waals surface area contributed by atoms with Gasteiger partial charge in [-0.2, -0.15) is 0 Å². The molecule has 0 fully saturated rings. The summed E-state index contributed by atoms with van der Waals surface area (Å²) in [6.07, 6.45) is 0.911. The van der Waals surface area contributed by atoms with Gasteiger partial charge < -0.3 is 9.84 Å². The minimum absolute atomic E-state index is 0.0348. The SMILES string of the molecule is CCCOc1cccc(-c2nc(-c3ccc(C)cc3)c(CC(=O)O)s2)c1. The molecule has 0 amide bonds. The summed E-state index contributed by atoms with van der Waals surface area (Å²) in [5, 5.41) is 10.1. The molecule has 1 heterocycles. The Morgan fingerprint density at radius 2 is 1.92 bits per heavy atom. The number of rotatable bonds is 7. The van der Waals surface area contributed by atoms with Gasteiger partial charge in [-0.15, -0.1) is 11.3 Å². The largest absolute Gasteiger partial charge is 0.494 e. The van der Waals surface area contributed by atoms with E-state index in [1.54, 1.807) is 0 Å². The molecule has 0 spiro atoms. The van der Waals surface area contributed by atoms with Crippen molar-refractivity contribution in [2.24, 2.45) is 0 Å². The van der Waals surface area contributed by atoms with Crippen LogP contribution in [-0.4, -0.2) is 22.7 Å². The molecule has 0 aliphatic rings. The van der Waals surface area contributed by atoms with Crippen LogP contribution in [0.4, 0.5) is 0 Å². The van der Waals surface area contributed by atoms with E-state index in [4.69, 9.17) is 9.72 Å². The molecule has 5 heteroatoms. The molecule has 3 rings (SSSR count). The van der Waals surface area contributed by atoms with Crippen molar-refractivity contribution in [1.82, 2.24) is 4.98 Å². The highest BCUT2D eigenvalue weighted by molar-refractivity contribution is 7.15. The molecule has 26 heavy (non-hydrogen) atoms. The Balaban J connectivity index is 2.00. The number of benzene rings is 2. The standard InChI is InChI=1S/C21H21NO3S/c1-3-11-25-17-6-4-5-16(12-17)21-22-20(18(26-21)13-19(23)24)15-9-7-14(2)8-10-15/h4-10,12H,3,11,13H2,1-2H3,(H,23,24). The Labute approximate surface area is 157 Å². The van der Waals surface area contributed by atoms with Crippen molar-refractivity contribution in [3.05, 3.63) is 59.0 Å². The average Bonchev–Trinajstić information content (AvgIpc) is 3.04. The van der Waals surface area contributed by atoms with E-state index in [9.17, 15) is 9.90 Å². The van der Waals surface area contributed by atoms with Crippen LogP contribution >= 0.6 is 11.3 Å². The number of carboxylic acids is 1. The van der Waals surface area contributed by atoms with Gasteiger partial charge in [-0.05, 0) is 25.5 Å². The minimum atomic E-state index is -0.853. The molecule has 134 valence electrons. The highest BCUT2D eigenvalue weighted by Crippen LogP contribution is 2.35. The highest BCUT2D eigenvalue weighted by Gasteiger charge is 2.17. The fourth-order valence-corrected chi connectivity index (χ4v) is 3.68. The maximum Gasteiger partial charge on any atom is 0.308 e. The molecule has 2 aromatic carbocycles. The maximum atomic E-state index is 11.3. The lowest BCUT2D eigenvalue weighted by Gasteiger charge is -2.05. The van der Waals surface area contributed by atoms with E-state index in [2.05, 4.69) is 6.92 Å². The van der Waals surface area contributed by atoms with Gasteiger partial charge in [0.25, 0.3) is 0 Å². The molecule has 0 unspecified atom stereocenters. The summed E-state index contributed by atoms with van der Waals surface area (Å²) in [7, 11) is 0. The summed E-state index contributed by atoms with van der Waals surface area (Å²) in [6, 6.07) is 15.8. The first-order valence-corrected chi connectivity index (χ1v) is 9.40. The zero-order valence-electron chi connectivity index (χ0n) is 14.9. The minimum Gasteiger partial charge on any atom is -0.494 e. The number of aliphatic carboxylic acids is 1. The Bertz CT molecular complexity index is 900. The van der Waals surface area contributed by atoms with Crippen LogP contribution in [0, 0.1) is 6.92 Å². The quantitative estimate of drug-likeness (QED) is 0.623. The van der Waals surface area contributed by atoms with Gasteiger partial charge in [0.1, 0.15) is 10.8 Å². The average molecular weight is 367 g/mol. The zero-order valence-corrected chi connectivity index (χ0v) is 15.7. The van der Waals surface area contributed by atoms with Gasteiger partial charge in [0.15, 0.2) is 0 Å². The molecule has 4 nitrogen and oxygen atoms in total. The Morgan fingerprint density at radius 3 is 2.62 bits per heavy atom. The fourth-order valence-electron chi connectivity index (χ4n) is 2.61. The Kier molecular flexibility index (Phi) is 5.68. The smallest absolute Gasteiger partial charge is 0.308 e. The van der Waals surface area contributed by atoms with Crippen molar-refractivity contribution in [3.63, 3.8) is 0 Å². The molecule has 1 N–H and O–H groups in total. The summed E-state index contributed by atoms with van der Waals surface area (Å²) >= 11 is 1.43. The fraction of sp³-hybridized carbons (Fsp3) is 0.238. The summed E-state index contributed by atoms with van der Waals surface area (Å²) < 4.78 is 5.70. The van der Waals surface area contributed by atoms with Crippen LogP contribution in [0.2, 0.25) is 0 Å². The van der Waals surface area contributed by atoms with Gasteiger partial charge in [-0.3, -0.25) is 4.79 Å². The van der Waals surface area contributed by atoms with Crippen molar-refractivity contribution >= 4 is 17.3 Å². The summed E-state index contributed by atoms with van der Waals surface area (Å²) in [5.41, 5.74) is 3.78. The third-order valence-corrected chi connectivity index (χ3v) is 4.99. The lowest BCUT2D eigenvalue weighted by molar-refractivity contribution is -0.136. The number of hydrogen-bond donors (Lipinski definition) is 1. The van der Waals surface area contributed by atoms with Gasteiger partial charge in [-0.1, -0.05) is 48.9 Å². The van der Waals surface area contributed by atoms with Crippen LogP contribution < -0.4 is 4.74 Å². The van der Waals surface area contributed by atoms with E-state index < -0.39 is 5.97 Å². The summed E-state index contributed by atoms with van der Waals surface area (Å²) in [6.45, 7) is 4.76. The monoisotopic (exact) mass is 367 g/mol. The van der Waals surface area contributed by atoms with Crippen LogP contribution in [0.15, 0.2) is 48.5 Å². The number of ether oxygens (including phenoxy) is 1. The molecule has 0 bridgehead atoms. The van der Waals surface area contributed by atoms with E-state index in [0.29, 0.717) is 6.61 Å². The number of thiazole rings is 1. The summed E-state index contributed by atoms with van der Waals surface area (Å²) in [4.78, 5) is 16.8. The van der Waals surface area contributed by atoms with Crippen molar-refractivity contribution in [2.45, 2.75) is 26.7 Å². The topological polar surface area (TPSA) is 59.4 Å². The second-order valence-corrected chi connectivity index (χ2v) is 7.19. The molecule has 0 radical (unpaired) electrons. The molecular weight excluding hydrogens is 346 g/mol. The van der Waals surface area contributed by atoms with Crippen LogP contribution in [0.1, 0.15) is 23.8 Å². The van der Waals surface area contributed by atoms with Crippen LogP contribution in [0.25, 0.3) is 21.8 Å². The van der Waals surface area contributed by atoms with Crippen molar-refractivity contribution in [3.8, 4) is 27.6 Å². The van der Waals surface area contributed by atoms with Crippen molar-refractivity contribution < 1.29 is 14.6 Å². The lowest BCUT2D eigenvalue weighted by atomic mass is 10.1. The van der Waals surface area contributed by atoms with Gasteiger partial charge in [0.05, 0.1) is 18.7 Å². The van der Waals surface area contributed by atoms with Gasteiger partial charge in [-0.25, -0.2) is 4.98 Å². The first kappa shape index (κ1) is 18.1. The van der Waals surface area contributed by atoms with E-state index in [1.807, 2.05) is 55.5 Å². The number of aryl methyl sites for hydroxylation is 1. The number of nitrogens with zero attached hydrogens (tertiary/aromatic N) is 1. The van der Waals surface area contributed by atoms with E-state index in [0.717, 1.165) is 44.4 Å². The Hall–Kier alpha value is -2.66. The maximum absolute atomic E-state index is 11.3. The predicted molar refractivity (Wildman–Crippen MR) is 105 cm³/mol. The lowest BCUT2D eigenvalue weighted by Crippen LogP contribution is -1.99. The molecular formula is C21H21NO3S. The van der Waals surface area contributed by atoms with Gasteiger partial charge >= 0.3 is 5.97 Å². The molecule has 0 saturated carbocycles. The number of aromatic nitrogens is 1. The highest BCUT2D eigenvalue weighted by atomic mass is 32.1. The number of carboxylic acid groups (broad SMARTS) is 1. The first-order chi connectivity index (χ1) is 12.6. The van der Waals surface area contributed by atoms with Gasteiger partial charge in [0.2, 0.25) is 0 Å². The number of hydrogen-bond acceptors (Lipinski definition) is 4. The predicted octanol–water partition coefficient (Wildman–Crippen LogP) is 5.20. The first-order valence-electron chi connectivity index (χ1n) is 8.58. The van der Waals surface area contributed by atoms with Crippen LogP contribution in [-0.2, 0) is 11.2 Å². The third kappa shape index (κ3) is 4.29. The van der Waals surface area contributed by atoms with Gasteiger partial charge in [0, 0.05) is 16.0 Å². The molecule has 0 atom stereocenters. The second-order valence-electron chi connectivity index (χ2n) is 6.10. The molecule has 0 aliphatic heterocycles.